The van der Waals surface area contributed by atoms with Crippen molar-refractivity contribution >= 4 is 11.6 Å². The number of nitro groups is 1. The van der Waals surface area contributed by atoms with Gasteiger partial charge in [-0.2, -0.15) is 0 Å². The van der Waals surface area contributed by atoms with Crippen LogP contribution in [-0.4, -0.2) is 35.2 Å². The summed E-state index contributed by atoms with van der Waals surface area (Å²) in [6.07, 6.45) is 2.55. The van der Waals surface area contributed by atoms with Gasteiger partial charge < -0.3 is 15.2 Å². The number of amides is 1. The Balaban J connectivity index is 2.17. The minimum Gasteiger partial charge on any atom is -0.502 e. The molecule has 1 aliphatic carbocycles. The van der Waals surface area contributed by atoms with Crippen LogP contribution < -0.4 is 5.32 Å². The Morgan fingerprint density at radius 1 is 1.50 bits per heavy atom. The number of hydrogen-bond donors (Lipinski definition) is 2. The van der Waals surface area contributed by atoms with Crippen molar-refractivity contribution in [2.45, 2.75) is 31.4 Å². The summed E-state index contributed by atoms with van der Waals surface area (Å²) >= 11 is 0. The van der Waals surface area contributed by atoms with Gasteiger partial charge in [-0.15, -0.1) is 0 Å². The third kappa shape index (κ3) is 2.72. The normalized spacial score (nSPS) is 21.6. The van der Waals surface area contributed by atoms with E-state index in [-0.39, 0.29) is 17.7 Å². The molecule has 1 amide bonds. The van der Waals surface area contributed by atoms with Gasteiger partial charge >= 0.3 is 5.69 Å². The Bertz CT molecular complexity index is 531. The van der Waals surface area contributed by atoms with Gasteiger partial charge in [-0.05, 0) is 25.3 Å². The maximum Gasteiger partial charge on any atom is 0.311 e. The number of nitro benzene ring substituents is 1. The zero-order valence-electron chi connectivity index (χ0n) is 11.0. The van der Waals surface area contributed by atoms with E-state index >= 15 is 0 Å². The number of benzene rings is 1. The van der Waals surface area contributed by atoms with Crippen LogP contribution in [0.3, 0.4) is 0 Å². The Kier molecular flexibility index (Phi) is 4.19. The molecule has 7 heteroatoms. The van der Waals surface area contributed by atoms with Crippen LogP contribution in [0.5, 0.6) is 5.75 Å². The van der Waals surface area contributed by atoms with Crippen molar-refractivity contribution in [1.82, 2.24) is 5.32 Å². The number of phenolic OH excluding ortho intramolecular Hbond substituents is 1. The molecule has 2 rings (SSSR count). The lowest BCUT2D eigenvalue weighted by atomic mass is 10.1. The first-order valence-corrected chi connectivity index (χ1v) is 6.34. The molecule has 2 unspecified atom stereocenters. The molecule has 1 aromatic rings. The third-order valence-corrected chi connectivity index (χ3v) is 3.53. The van der Waals surface area contributed by atoms with Gasteiger partial charge in [0.25, 0.3) is 5.91 Å². The van der Waals surface area contributed by atoms with Crippen molar-refractivity contribution in [2.24, 2.45) is 0 Å². The molecule has 0 saturated heterocycles. The molecule has 0 aromatic heterocycles. The Labute approximate surface area is 115 Å². The largest absolute Gasteiger partial charge is 0.502 e. The van der Waals surface area contributed by atoms with Crippen molar-refractivity contribution in [1.29, 1.82) is 0 Å². The highest BCUT2D eigenvalue weighted by molar-refractivity contribution is 5.98. The molecular formula is C13H16N2O5. The number of nitrogens with zero attached hydrogens (tertiary/aromatic N) is 1. The summed E-state index contributed by atoms with van der Waals surface area (Å²) < 4.78 is 5.27. The van der Waals surface area contributed by atoms with Crippen molar-refractivity contribution in [3.63, 3.8) is 0 Å². The predicted molar refractivity (Wildman–Crippen MR) is 70.7 cm³/mol. The fourth-order valence-electron chi connectivity index (χ4n) is 2.48. The van der Waals surface area contributed by atoms with E-state index in [1.807, 2.05) is 0 Å². The Hall–Kier alpha value is -2.15. The number of carbonyl (C=O) groups excluding carboxylic acids is 1. The molecule has 0 radical (unpaired) electrons. The summed E-state index contributed by atoms with van der Waals surface area (Å²) in [5.41, 5.74) is -0.576. The Morgan fingerprint density at radius 2 is 2.25 bits per heavy atom. The molecule has 7 nitrogen and oxygen atoms in total. The summed E-state index contributed by atoms with van der Waals surface area (Å²) in [6.45, 7) is 0. The second kappa shape index (κ2) is 5.87. The highest BCUT2D eigenvalue weighted by Gasteiger charge is 2.30. The highest BCUT2D eigenvalue weighted by Crippen LogP contribution is 2.30. The van der Waals surface area contributed by atoms with E-state index in [2.05, 4.69) is 5.32 Å². The lowest BCUT2D eigenvalue weighted by molar-refractivity contribution is -0.385. The SMILES string of the molecule is COC1CCCC1NC(=O)c1cccc([N+](=O)[O-])c1O. The number of carbonyl (C=O) groups is 1. The molecule has 0 aliphatic heterocycles. The van der Waals surface area contributed by atoms with Gasteiger partial charge in [0.05, 0.1) is 22.6 Å². The fraction of sp³-hybridized carbons (Fsp3) is 0.462. The molecule has 108 valence electrons. The summed E-state index contributed by atoms with van der Waals surface area (Å²) in [7, 11) is 1.58. The van der Waals surface area contributed by atoms with Crippen molar-refractivity contribution in [3.05, 3.63) is 33.9 Å². The number of nitrogens with one attached hydrogen (secondary N) is 1. The molecular weight excluding hydrogens is 264 g/mol. The first-order chi connectivity index (χ1) is 9.54. The molecule has 0 spiro atoms. The van der Waals surface area contributed by atoms with E-state index in [1.165, 1.54) is 12.1 Å². The van der Waals surface area contributed by atoms with Gasteiger partial charge in [0, 0.05) is 13.2 Å². The van der Waals surface area contributed by atoms with Crippen molar-refractivity contribution in [3.8, 4) is 5.75 Å². The molecule has 2 N–H and O–H groups in total. The molecule has 2 atom stereocenters. The number of methoxy groups -OCH3 is 1. The van der Waals surface area contributed by atoms with Crippen LogP contribution >= 0.6 is 0 Å². The van der Waals surface area contributed by atoms with E-state index in [0.717, 1.165) is 25.3 Å². The molecule has 0 bridgehead atoms. The van der Waals surface area contributed by atoms with Crippen LogP contribution in [0.25, 0.3) is 0 Å². The molecule has 0 heterocycles. The first-order valence-electron chi connectivity index (χ1n) is 6.34. The summed E-state index contributed by atoms with van der Waals surface area (Å²) in [6, 6.07) is 3.75. The van der Waals surface area contributed by atoms with Crippen LogP contribution in [0.1, 0.15) is 29.6 Å². The van der Waals surface area contributed by atoms with Gasteiger partial charge in [-0.1, -0.05) is 6.07 Å². The van der Waals surface area contributed by atoms with Crippen LogP contribution in [0.15, 0.2) is 18.2 Å². The monoisotopic (exact) mass is 280 g/mol. The maximum absolute atomic E-state index is 12.1. The van der Waals surface area contributed by atoms with Gasteiger partial charge in [-0.25, -0.2) is 0 Å². The standard InChI is InChI=1S/C13H16N2O5/c1-20-11-7-3-5-9(11)14-13(17)8-4-2-6-10(12(8)16)15(18)19/h2,4,6,9,11,16H,3,5,7H2,1H3,(H,14,17). The molecule has 1 aromatic carbocycles. The summed E-state index contributed by atoms with van der Waals surface area (Å²) in [4.78, 5) is 22.1. The maximum atomic E-state index is 12.1. The van der Waals surface area contributed by atoms with Crippen LogP contribution in [0.4, 0.5) is 5.69 Å². The molecule has 1 aliphatic rings. The lowest BCUT2D eigenvalue weighted by Gasteiger charge is -2.19. The van der Waals surface area contributed by atoms with E-state index in [9.17, 15) is 20.0 Å². The topological polar surface area (TPSA) is 102 Å². The quantitative estimate of drug-likeness (QED) is 0.644. The highest BCUT2D eigenvalue weighted by atomic mass is 16.6. The average molecular weight is 280 g/mol. The molecule has 20 heavy (non-hydrogen) atoms. The number of hydrogen-bond acceptors (Lipinski definition) is 5. The minimum absolute atomic E-state index is 0.0557. The van der Waals surface area contributed by atoms with Gasteiger partial charge in [0.15, 0.2) is 0 Å². The average Bonchev–Trinajstić information content (AvgIpc) is 2.85. The van der Waals surface area contributed by atoms with E-state index in [0.29, 0.717) is 0 Å². The van der Waals surface area contributed by atoms with E-state index in [1.54, 1.807) is 7.11 Å². The van der Waals surface area contributed by atoms with Crippen molar-refractivity contribution in [2.75, 3.05) is 7.11 Å². The number of ether oxygens (including phenoxy) is 1. The van der Waals surface area contributed by atoms with Crippen LogP contribution in [0.2, 0.25) is 0 Å². The lowest BCUT2D eigenvalue weighted by Crippen LogP contribution is -2.40. The van der Waals surface area contributed by atoms with Crippen LogP contribution in [-0.2, 0) is 4.74 Å². The van der Waals surface area contributed by atoms with Gasteiger partial charge in [0.2, 0.25) is 5.75 Å². The van der Waals surface area contributed by atoms with Crippen LogP contribution in [0, 0.1) is 10.1 Å². The van der Waals surface area contributed by atoms with Gasteiger partial charge in [-0.3, -0.25) is 14.9 Å². The van der Waals surface area contributed by atoms with Gasteiger partial charge in [0.1, 0.15) is 0 Å². The predicted octanol–water partition coefficient (Wildman–Crippen LogP) is 1.60. The van der Waals surface area contributed by atoms with Crippen molar-refractivity contribution < 1.29 is 19.6 Å². The zero-order chi connectivity index (χ0) is 14.7. The number of phenols is 1. The number of rotatable bonds is 4. The minimum atomic E-state index is -0.723. The smallest absolute Gasteiger partial charge is 0.311 e. The van der Waals surface area contributed by atoms with E-state index < -0.39 is 22.3 Å². The Morgan fingerprint density at radius 3 is 2.90 bits per heavy atom. The van der Waals surface area contributed by atoms with E-state index in [4.69, 9.17) is 4.74 Å². The first kappa shape index (κ1) is 14.3. The number of aromatic hydroxyl groups is 1. The molecule has 1 fully saturated rings. The number of para-hydroxylation sites is 1. The third-order valence-electron chi connectivity index (χ3n) is 3.53. The summed E-state index contributed by atoms with van der Waals surface area (Å²) in [5, 5.41) is 23.3. The summed E-state index contributed by atoms with van der Waals surface area (Å²) in [5.74, 6) is -1.14. The fourth-order valence-corrected chi connectivity index (χ4v) is 2.48. The molecule has 1 saturated carbocycles. The second-order valence-electron chi connectivity index (χ2n) is 4.72. The zero-order valence-corrected chi connectivity index (χ0v) is 11.0. The second-order valence-corrected chi connectivity index (χ2v) is 4.72.